The summed E-state index contributed by atoms with van der Waals surface area (Å²) in [6, 6.07) is 0.650. The molecule has 0 aliphatic carbocycles. The fourth-order valence-electron chi connectivity index (χ4n) is 6.90. The number of hydrogen-bond acceptors (Lipinski definition) is 3. The van der Waals surface area contributed by atoms with Crippen molar-refractivity contribution in [3.8, 4) is 0 Å². The molecule has 3 N–H and O–H groups in total. The maximum absolute atomic E-state index is 4.12. The zero-order valence-corrected chi connectivity index (χ0v) is 25.5. The Morgan fingerprint density at radius 1 is 0.706 bits per heavy atom. The third kappa shape index (κ3) is 14.4. The highest BCUT2D eigenvalue weighted by Gasteiger charge is 2.38. The summed E-state index contributed by atoms with van der Waals surface area (Å²) in [4.78, 5) is 0. The summed E-state index contributed by atoms with van der Waals surface area (Å²) in [5, 5.41) is 11.8. The fourth-order valence-corrected chi connectivity index (χ4v) is 6.90. The monoisotopic (exact) mass is 480 g/mol. The molecule has 0 amide bonds. The van der Waals surface area contributed by atoms with Crippen LogP contribution in [0.4, 0.5) is 0 Å². The van der Waals surface area contributed by atoms with Gasteiger partial charge in [0.15, 0.2) is 0 Å². The van der Waals surface area contributed by atoms with E-state index in [1.165, 1.54) is 90.1 Å². The molecule has 34 heavy (non-hydrogen) atoms. The first kappa shape index (κ1) is 31.9. The molecule has 3 nitrogen and oxygen atoms in total. The maximum Gasteiger partial charge on any atom is 0.0191 e. The maximum atomic E-state index is 4.12. The van der Waals surface area contributed by atoms with Crippen LogP contribution in [0.3, 0.4) is 0 Å². The zero-order valence-electron chi connectivity index (χ0n) is 25.5. The van der Waals surface area contributed by atoms with Crippen molar-refractivity contribution in [1.29, 1.82) is 0 Å². The minimum Gasteiger partial charge on any atom is -0.314 e. The molecule has 0 spiro atoms. The number of unbranched alkanes of at least 4 members (excludes halogenated alkanes) is 5. The van der Waals surface area contributed by atoms with E-state index in [1.54, 1.807) is 0 Å². The Hall–Kier alpha value is -0.120. The fraction of sp³-hybridized carbons (Fsp3) is 1.00. The van der Waals surface area contributed by atoms with Crippen LogP contribution >= 0.6 is 0 Å². The van der Waals surface area contributed by atoms with E-state index in [-0.39, 0.29) is 16.6 Å². The quantitative estimate of drug-likeness (QED) is 0.207. The van der Waals surface area contributed by atoms with Gasteiger partial charge in [-0.3, -0.25) is 0 Å². The molecular formula is C31H65N3. The Morgan fingerprint density at radius 2 is 1.18 bits per heavy atom. The summed E-state index contributed by atoms with van der Waals surface area (Å²) in [6.07, 6.45) is 15.6. The molecule has 0 radical (unpaired) electrons. The average Bonchev–Trinajstić information content (AvgIpc) is 2.59. The van der Waals surface area contributed by atoms with E-state index in [0.29, 0.717) is 16.9 Å². The minimum absolute atomic E-state index is 0.235. The van der Waals surface area contributed by atoms with Gasteiger partial charge in [0.05, 0.1) is 0 Å². The van der Waals surface area contributed by atoms with E-state index in [0.717, 1.165) is 0 Å². The standard InChI is InChI=1S/C31H65N3/c1-12-13-19-31(24-27(2,3)4,25-28(5,6)7)33-21-18-16-14-15-17-20-32-26-22-29(8,9)34-30(10,11)23-26/h26,32-34H,12-25H2,1-11H3. The van der Waals surface area contributed by atoms with Crippen LogP contribution in [0.1, 0.15) is 153 Å². The summed E-state index contributed by atoms with van der Waals surface area (Å²) in [5.41, 5.74) is 1.47. The number of rotatable bonds is 15. The van der Waals surface area contributed by atoms with Crippen molar-refractivity contribution in [3.05, 3.63) is 0 Å². The number of nitrogens with one attached hydrogen (secondary N) is 3. The molecule has 0 aromatic rings. The van der Waals surface area contributed by atoms with Crippen molar-refractivity contribution >= 4 is 0 Å². The lowest BCUT2D eigenvalue weighted by molar-refractivity contribution is 0.131. The Labute approximate surface area is 215 Å². The number of hydrogen-bond donors (Lipinski definition) is 3. The molecular weight excluding hydrogens is 414 g/mol. The van der Waals surface area contributed by atoms with E-state index in [9.17, 15) is 0 Å². The van der Waals surface area contributed by atoms with Gasteiger partial charge in [0.25, 0.3) is 0 Å². The van der Waals surface area contributed by atoms with Gasteiger partial charge >= 0.3 is 0 Å². The van der Waals surface area contributed by atoms with Crippen molar-refractivity contribution in [3.63, 3.8) is 0 Å². The molecule has 1 aliphatic rings. The molecule has 0 saturated carbocycles. The minimum atomic E-state index is 0.235. The lowest BCUT2D eigenvalue weighted by Crippen LogP contribution is -2.61. The first-order valence-electron chi connectivity index (χ1n) is 14.7. The van der Waals surface area contributed by atoms with Crippen molar-refractivity contribution < 1.29 is 0 Å². The van der Waals surface area contributed by atoms with Gasteiger partial charge < -0.3 is 16.0 Å². The predicted octanol–water partition coefficient (Wildman–Crippen LogP) is 8.23. The van der Waals surface area contributed by atoms with E-state index in [4.69, 9.17) is 0 Å². The second-order valence-corrected chi connectivity index (χ2v) is 15.5. The van der Waals surface area contributed by atoms with Gasteiger partial charge in [0.1, 0.15) is 0 Å². The van der Waals surface area contributed by atoms with Crippen LogP contribution in [0.25, 0.3) is 0 Å². The molecule has 1 aliphatic heterocycles. The molecule has 0 aromatic carbocycles. The summed E-state index contributed by atoms with van der Waals surface area (Å²) < 4.78 is 0. The molecule has 1 fully saturated rings. The van der Waals surface area contributed by atoms with Gasteiger partial charge in [0.2, 0.25) is 0 Å². The second-order valence-electron chi connectivity index (χ2n) is 15.5. The molecule has 1 saturated heterocycles. The van der Waals surface area contributed by atoms with Crippen LogP contribution in [-0.4, -0.2) is 35.7 Å². The molecule has 0 bridgehead atoms. The van der Waals surface area contributed by atoms with Gasteiger partial charge in [-0.2, -0.15) is 0 Å². The van der Waals surface area contributed by atoms with E-state index in [2.05, 4.69) is 92.1 Å². The highest BCUT2D eigenvalue weighted by molar-refractivity contribution is 4.99. The Bertz CT molecular complexity index is 518. The van der Waals surface area contributed by atoms with Crippen LogP contribution in [0.5, 0.6) is 0 Å². The van der Waals surface area contributed by atoms with E-state index >= 15 is 0 Å². The van der Waals surface area contributed by atoms with Crippen molar-refractivity contribution in [1.82, 2.24) is 16.0 Å². The topological polar surface area (TPSA) is 36.1 Å². The molecule has 3 heteroatoms. The smallest absolute Gasteiger partial charge is 0.0191 e. The summed E-state index contributed by atoms with van der Waals surface area (Å²) in [5.74, 6) is 0. The molecule has 0 unspecified atom stereocenters. The summed E-state index contributed by atoms with van der Waals surface area (Å²) >= 11 is 0. The van der Waals surface area contributed by atoms with Crippen molar-refractivity contribution in [2.45, 2.75) is 176 Å². The van der Waals surface area contributed by atoms with Gasteiger partial charge in [-0.1, -0.05) is 80.6 Å². The van der Waals surface area contributed by atoms with E-state index in [1.807, 2.05) is 0 Å². The molecule has 0 atom stereocenters. The van der Waals surface area contributed by atoms with Crippen molar-refractivity contribution in [2.75, 3.05) is 13.1 Å². The summed E-state index contributed by atoms with van der Waals surface area (Å²) in [6.45, 7) is 28.5. The molecule has 204 valence electrons. The van der Waals surface area contributed by atoms with Gasteiger partial charge in [-0.05, 0) is 96.6 Å². The molecule has 1 rings (SSSR count). The predicted molar refractivity (Wildman–Crippen MR) is 154 cm³/mol. The average molecular weight is 480 g/mol. The Kier molecular flexibility index (Phi) is 12.6. The van der Waals surface area contributed by atoms with Crippen LogP contribution in [0, 0.1) is 10.8 Å². The Balaban J connectivity index is 2.36. The van der Waals surface area contributed by atoms with E-state index < -0.39 is 0 Å². The third-order valence-electron chi connectivity index (χ3n) is 7.22. The SMILES string of the molecule is CCCCC(CC(C)(C)C)(CC(C)(C)C)NCCCCCCCNC1CC(C)(C)NC(C)(C)C1. The largest absolute Gasteiger partial charge is 0.314 e. The first-order valence-corrected chi connectivity index (χ1v) is 14.7. The van der Waals surface area contributed by atoms with Crippen LogP contribution in [0.2, 0.25) is 0 Å². The van der Waals surface area contributed by atoms with Crippen LogP contribution in [0.15, 0.2) is 0 Å². The first-order chi connectivity index (χ1) is 15.5. The highest BCUT2D eigenvalue weighted by atomic mass is 15.1. The molecule has 1 heterocycles. The number of piperidine rings is 1. The van der Waals surface area contributed by atoms with Crippen LogP contribution < -0.4 is 16.0 Å². The zero-order chi connectivity index (χ0) is 26.1. The summed E-state index contributed by atoms with van der Waals surface area (Å²) in [7, 11) is 0. The second kappa shape index (κ2) is 13.4. The van der Waals surface area contributed by atoms with Crippen molar-refractivity contribution in [2.24, 2.45) is 10.8 Å². The highest BCUT2D eigenvalue weighted by Crippen LogP contribution is 2.39. The lowest BCUT2D eigenvalue weighted by Gasteiger charge is -2.46. The Morgan fingerprint density at radius 3 is 1.65 bits per heavy atom. The van der Waals surface area contributed by atoms with Gasteiger partial charge in [-0.25, -0.2) is 0 Å². The molecule has 0 aromatic heterocycles. The van der Waals surface area contributed by atoms with Crippen LogP contribution in [-0.2, 0) is 0 Å². The third-order valence-corrected chi connectivity index (χ3v) is 7.22. The normalized spacial score (nSPS) is 19.5. The lowest BCUT2D eigenvalue weighted by atomic mass is 9.69. The van der Waals surface area contributed by atoms with Gasteiger partial charge in [0, 0.05) is 22.7 Å². The van der Waals surface area contributed by atoms with Gasteiger partial charge in [-0.15, -0.1) is 0 Å².